The van der Waals surface area contributed by atoms with Crippen molar-refractivity contribution in [2.24, 2.45) is 0 Å². The van der Waals surface area contributed by atoms with Gasteiger partial charge < -0.3 is 15.2 Å². The minimum atomic E-state index is -1.18. The zero-order valence-electron chi connectivity index (χ0n) is 12.2. The normalized spacial score (nSPS) is 12.3. The highest BCUT2D eigenvalue weighted by Gasteiger charge is 2.15. The first-order valence-electron chi connectivity index (χ1n) is 6.56. The van der Waals surface area contributed by atoms with Gasteiger partial charge in [-0.15, -0.1) is 0 Å². The van der Waals surface area contributed by atoms with Crippen LogP contribution < -0.4 is 5.32 Å². The van der Waals surface area contributed by atoms with Crippen molar-refractivity contribution >= 4 is 17.6 Å². The van der Waals surface area contributed by atoms with Crippen LogP contribution in [0.15, 0.2) is 42.5 Å². The van der Waals surface area contributed by atoms with Gasteiger partial charge in [0.05, 0.1) is 0 Å². The summed E-state index contributed by atoms with van der Waals surface area (Å²) in [6, 6.07) is 9.70. The molecule has 0 aliphatic rings. The molecule has 0 aliphatic heterocycles. The van der Waals surface area contributed by atoms with Crippen LogP contribution in [-0.2, 0) is 14.3 Å². The van der Waals surface area contributed by atoms with E-state index in [0.29, 0.717) is 13.0 Å². The molecule has 0 fully saturated rings. The highest BCUT2D eigenvalue weighted by molar-refractivity contribution is 5.90. The predicted octanol–water partition coefficient (Wildman–Crippen LogP) is 1.56. The van der Waals surface area contributed by atoms with Crippen molar-refractivity contribution < 1.29 is 19.4 Å². The van der Waals surface area contributed by atoms with Crippen LogP contribution in [0, 0.1) is 0 Å². The molecule has 0 saturated heterocycles. The van der Waals surface area contributed by atoms with E-state index in [9.17, 15) is 9.59 Å². The van der Waals surface area contributed by atoms with Crippen molar-refractivity contribution in [1.82, 2.24) is 4.90 Å². The fourth-order valence-electron chi connectivity index (χ4n) is 1.63. The minimum Gasteiger partial charge on any atom is -0.478 e. The third-order valence-corrected chi connectivity index (χ3v) is 2.68. The number of para-hydroxylation sites is 1. The maximum atomic E-state index is 11.5. The van der Waals surface area contributed by atoms with E-state index in [0.717, 1.165) is 17.8 Å². The first-order chi connectivity index (χ1) is 9.99. The number of nitrogens with one attached hydrogen (secondary N) is 1. The maximum Gasteiger partial charge on any atom is 0.332 e. The van der Waals surface area contributed by atoms with E-state index in [-0.39, 0.29) is 0 Å². The molecule has 1 aromatic carbocycles. The molecule has 0 saturated carbocycles. The molecule has 0 heterocycles. The Morgan fingerprint density at radius 1 is 1.29 bits per heavy atom. The lowest BCUT2D eigenvalue weighted by molar-refractivity contribution is -0.151. The van der Waals surface area contributed by atoms with Crippen LogP contribution in [0.1, 0.15) is 6.42 Å². The Morgan fingerprint density at radius 2 is 1.95 bits per heavy atom. The Hall–Kier alpha value is -2.34. The molecule has 0 aliphatic carbocycles. The van der Waals surface area contributed by atoms with Crippen LogP contribution in [0.3, 0.4) is 0 Å². The molecular weight excluding hydrogens is 272 g/mol. The van der Waals surface area contributed by atoms with Gasteiger partial charge in [-0.05, 0) is 26.2 Å². The average Bonchev–Trinajstić information content (AvgIpc) is 2.45. The summed E-state index contributed by atoms with van der Waals surface area (Å²) in [5.74, 6) is -1.85. The molecule has 114 valence electrons. The number of benzene rings is 1. The average molecular weight is 292 g/mol. The number of carboxylic acid groups (broad SMARTS) is 1. The number of nitrogens with zero attached hydrogens (tertiary/aromatic N) is 1. The third-order valence-electron chi connectivity index (χ3n) is 2.68. The van der Waals surface area contributed by atoms with Crippen LogP contribution in [-0.4, -0.2) is 48.8 Å². The summed E-state index contributed by atoms with van der Waals surface area (Å²) < 4.78 is 5.20. The van der Waals surface area contributed by atoms with E-state index in [2.05, 4.69) is 5.32 Å². The van der Waals surface area contributed by atoms with Gasteiger partial charge in [0.2, 0.25) is 0 Å². The Morgan fingerprint density at radius 3 is 2.52 bits per heavy atom. The lowest BCUT2D eigenvalue weighted by atomic mass is 10.3. The molecular formula is C15H20N2O4. The van der Waals surface area contributed by atoms with E-state index in [1.165, 1.54) is 0 Å². The van der Waals surface area contributed by atoms with Crippen molar-refractivity contribution in [2.45, 2.75) is 12.6 Å². The SMILES string of the molecule is CN(C)C(CCNc1ccccc1)OC(=O)/C=C/C(=O)O. The summed E-state index contributed by atoms with van der Waals surface area (Å²) >= 11 is 0. The second-order valence-corrected chi connectivity index (χ2v) is 4.61. The van der Waals surface area contributed by atoms with Crippen LogP contribution in [0.5, 0.6) is 0 Å². The van der Waals surface area contributed by atoms with E-state index in [1.54, 1.807) is 19.0 Å². The standard InChI is InChI=1S/C15H20N2O4/c1-17(2)13(21-15(20)9-8-14(18)19)10-11-16-12-6-4-3-5-7-12/h3-9,13,16H,10-11H2,1-2H3,(H,18,19)/b9-8+. The van der Waals surface area contributed by atoms with Crippen molar-refractivity contribution in [3.63, 3.8) is 0 Å². The van der Waals surface area contributed by atoms with Gasteiger partial charge in [0, 0.05) is 30.8 Å². The van der Waals surface area contributed by atoms with Crippen LogP contribution in [0.4, 0.5) is 5.69 Å². The van der Waals surface area contributed by atoms with Gasteiger partial charge in [0.15, 0.2) is 6.23 Å². The van der Waals surface area contributed by atoms with Crippen LogP contribution in [0.25, 0.3) is 0 Å². The summed E-state index contributed by atoms with van der Waals surface area (Å²) in [6.45, 7) is 0.628. The number of hydrogen-bond donors (Lipinski definition) is 2. The number of carboxylic acids is 1. The number of carbonyl (C=O) groups is 2. The molecule has 6 heteroatoms. The summed E-state index contributed by atoms with van der Waals surface area (Å²) in [4.78, 5) is 23.6. The lowest BCUT2D eigenvalue weighted by Crippen LogP contribution is -2.34. The summed E-state index contributed by atoms with van der Waals surface area (Å²) in [5.41, 5.74) is 0.993. The highest BCUT2D eigenvalue weighted by Crippen LogP contribution is 2.07. The van der Waals surface area contributed by atoms with Gasteiger partial charge in [-0.25, -0.2) is 9.59 Å². The van der Waals surface area contributed by atoms with E-state index >= 15 is 0 Å². The summed E-state index contributed by atoms with van der Waals surface area (Å²) in [5, 5.41) is 11.7. The Kier molecular flexibility index (Phi) is 6.97. The van der Waals surface area contributed by atoms with E-state index < -0.39 is 18.2 Å². The monoisotopic (exact) mass is 292 g/mol. The van der Waals surface area contributed by atoms with Crippen molar-refractivity contribution in [3.8, 4) is 0 Å². The zero-order valence-corrected chi connectivity index (χ0v) is 12.2. The predicted molar refractivity (Wildman–Crippen MR) is 79.9 cm³/mol. The van der Waals surface area contributed by atoms with Crippen molar-refractivity contribution in [3.05, 3.63) is 42.5 Å². The number of anilines is 1. The van der Waals surface area contributed by atoms with Gasteiger partial charge in [-0.2, -0.15) is 0 Å². The van der Waals surface area contributed by atoms with Gasteiger partial charge >= 0.3 is 11.9 Å². The molecule has 2 N–H and O–H groups in total. The fourth-order valence-corrected chi connectivity index (χ4v) is 1.63. The van der Waals surface area contributed by atoms with Gasteiger partial charge in [-0.3, -0.25) is 4.90 Å². The molecule has 0 spiro atoms. The molecule has 0 aromatic heterocycles. The number of rotatable bonds is 8. The largest absolute Gasteiger partial charge is 0.478 e. The van der Waals surface area contributed by atoms with Crippen LogP contribution >= 0.6 is 0 Å². The number of esters is 1. The number of ether oxygens (including phenoxy) is 1. The summed E-state index contributed by atoms with van der Waals surface area (Å²) in [6.07, 6.45) is 1.82. The molecule has 1 rings (SSSR count). The molecule has 0 amide bonds. The maximum absolute atomic E-state index is 11.5. The molecule has 0 radical (unpaired) electrons. The number of aliphatic carboxylic acids is 1. The fraction of sp³-hybridized carbons (Fsp3) is 0.333. The van der Waals surface area contributed by atoms with E-state index in [1.807, 2.05) is 30.3 Å². The first-order valence-corrected chi connectivity index (χ1v) is 6.56. The zero-order chi connectivity index (χ0) is 15.7. The van der Waals surface area contributed by atoms with Crippen LogP contribution in [0.2, 0.25) is 0 Å². The lowest BCUT2D eigenvalue weighted by Gasteiger charge is -2.24. The van der Waals surface area contributed by atoms with Gasteiger partial charge in [-0.1, -0.05) is 18.2 Å². The Bertz CT molecular complexity index is 486. The first kappa shape index (κ1) is 16.7. The second kappa shape index (κ2) is 8.76. The summed E-state index contributed by atoms with van der Waals surface area (Å²) in [7, 11) is 3.59. The Balaban J connectivity index is 2.43. The quantitative estimate of drug-likeness (QED) is 0.430. The van der Waals surface area contributed by atoms with Gasteiger partial charge in [0.1, 0.15) is 0 Å². The molecule has 1 atom stereocenters. The van der Waals surface area contributed by atoms with Crippen molar-refractivity contribution in [1.29, 1.82) is 0 Å². The topological polar surface area (TPSA) is 78.9 Å². The highest BCUT2D eigenvalue weighted by atomic mass is 16.6. The molecule has 21 heavy (non-hydrogen) atoms. The molecule has 6 nitrogen and oxygen atoms in total. The molecule has 0 bridgehead atoms. The molecule has 1 aromatic rings. The number of hydrogen-bond acceptors (Lipinski definition) is 5. The molecule has 1 unspecified atom stereocenters. The minimum absolute atomic E-state index is 0.424. The third kappa shape index (κ3) is 7.12. The Labute approximate surface area is 124 Å². The van der Waals surface area contributed by atoms with Gasteiger partial charge in [0.25, 0.3) is 0 Å². The van der Waals surface area contributed by atoms with Crippen molar-refractivity contribution in [2.75, 3.05) is 26.0 Å². The van der Waals surface area contributed by atoms with E-state index in [4.69, 9.17) is 9.84 Å². The number of carbonyl (C=O) groups excluding carboxylic acids is 1. The second-order valence-electron chi connectivity index (χ2n) is 4.61. The smallest absolute Gasteiger partial charge is 0.332 e.